The SMILES string of the molecule is CCCCCCC(CCCC)C(=O)OCCCCC(=O)OCC(CNCCCN(CC)CC)COC(=O)CCCCOC(=O)C(CCCC)CCCCCC. The molecule has 10 heteroatoms. The molecule has 10 nitrogen and oxygen atoms in total. The first-order valence-electron chi connectivity index (χ1n) is 22.8. The molecular weight excluding hydrogens is 697 g/mol. The summed E-state index contributed by atoms with van der Waals surface area (Å²) in [6.45, 7) is 18.4. The lowest BCUT2D eigenvalue weighted by Gasteiger charge is -2.20. The molecule has 0 bridgehead atoms. The number of rotatable bonds is 40. The molecule has 55 heavy (non-hydrogen) atoms. The largest absolute Gasteiger partial charge is 0.465 e. The number of carbonyl (C=O) groups excluding carboxylic acids is 4. The Balaban J connectivity index is 4.68. The molecule has 0 radical (unpaired) electrons. The summed E-state index contributed by atoms with van der Waals surface area (Å²) in [6.07, 6.45) is 20.8. The Kier molecular flexibility index (Phi) is 37.1. The van der Waals surface area contributed by atoms with Crippen LogP contribution in [0.2, 0.25) is 0 Å². The number of ether oxygens (including phenoxy) is 4. The molecule has 2 atom stereocenters. The van der Waals surface area contributed by atoms with E-state index < -0.39 is 0 Å². The first kappa shape index (κ1) is 52.8. The number of hydrogen-bond donors (Lipinski definition) is 1. The minimum atomic E-state index is -0.298. The van der Waals surface area contributed by atoms with Gasteiger partial charge in [-0.05, 0) is 84.0 Å². The predicted octanol–water partition coefficient (Wildman–Crippen LogP) is 9.99. The fourth-order valence-corrected chi connectivity index (χ4v) is 6.63. The first-order valence-corrected chi connectivity index (χ1v) is 22.8. The lowest BCUT2D eigenvalue weighted by atomic mass is 9.95. The second-order valence-electron chi connectivity index (χ2n) is 15.4. The molecule has 0 aromatic carbocycles. The van der Waals surface area contributed by atoms with Gasteiger partial charge < -0.3 is 29.2 Å². The highest BCUT2D eigenvalue weighted by atomic mass is 16.6. The molecule has 0 spiro atoms. The summed E-state index contributed by atoms with van der Waals surface area (Å²) in [6, 6.07) is 0. The lowest BCUT2D eigenvalue weighted by Crippen LogP contribution is -2.33. The van der Waals surface area contributed by atoms with Crippen LogP contribution in [-0.2, 0) is 38.1 Å². The van der Waals surface area contributed by atoms with E-state index >= 15 is 0 Å². The second-order valence-corrected chi connectivity index (χ2v) is 15.4. The van der Waals surface area contributed by atoms with Crippen molar-refractivity contribution in [3.05, 3.63) is 0 Å². The average Bonchev–Trinajstić information content (AvgIpc) is 3.18. The van der Waals surface area contributed by atoms with Crippen LogP contribution in [-0.4, -0.2) is 87.9 Å². The molecule has 0 aromatic heterocycles. The van der Waals surface area contributed by atoms with E-state index in [1.807, 2.05) is 0 Å². The fourth-order valence-electron chi connectivity index (χ4n) is 6.63. The van der Waals surface area contributed by atoms with Crippen LogP contribution in [0.3, 0.4) is 0 Å². The zero-order valence-electron chi connectivity index (χ0n) is 36.6. The van der Waals surface area contributed by atoms with E-state index in [1.165, 1.54) is 25.7 Å². The van der Waals surface area contributed by atoms with Crippen molar-refractivity contribution >= 4 is 23.9 Å². The number of esters is 4. The number of nitrogens with one attached hydrogen (secondary N) is 1. The highest BCUT2D eigenvalue weighted by molar-refractivity contribution is 5.73. The molecule has 0 rings (SSSR count). The van der Waals surface area contributed by atoms with Crippen LogP contribution in [0.25, 0.3) is 0 Å². The van der Waals surface area contributed by atoms with Crippen molar-refractivity contribution in [1.82, 2.24) is 10.2 Å². The van der Waals surface area contributed by atoms with Crippen LogP contribution in [0.15, 0.2) is 0 Å². The maximum absolute atomic E-state index is 12.7. The summed E-state index contributed by atoms with van der Waals surface area (Å²) in [7, 11) is 0. The van der Waals surface area contributed by atoms with Crippen molar-refractivity contribution in [2.75, 3.05) is 59.2 Å². The standard InChI is InChI=1S/C45H86N2O8/c1-7-13-17-19-28-40(26-15-9-3)44(50)52-34-23-21-30-42(48)54-37-39(36-46-32-25-33-47(11-5)12-6)38-55-43(49)31-22-24-35-53-45(51)41(27-16-10-4)29-20-18-14-8-2/h39-41,46H,7-38H2,1-6H3. The summed E-state index contributed by atoms with van der Waals surface area (Å²) in [5.74, 6) is -1.02. The highest BCUT2D eigenvalue weighted by Gasteiger charge is 2.21. The number of hydrogen-bond acceptors (Lipinski definition) is 10. The molecule has 0 heterocycles. The summed E-state index contributed by atoms with van der Waals surface area (Å²) in [5.41, 5.74) is 0. The molecule has 0 amide bonds. The minimum Gasteiger partial charge on any atom is -0.465 e. The topological polar surface area (TPSA) is 120 Å². The Morgan fingerprint density at radius 3 is 1.35 bits per heavy atom. The minimum absolute atomic E-state index is 0.0266. The van der Waals surface area contributed by atoms with Gasteiger partial charge in [0.2, 0.25) is 0 Å². The zero-order valence-corrected chi connectivity index (χ0v) is 36.6. The van der Waals surface area contributed by atoms with Gasteiger partial charge in [0.1, 0.15) is 0 Å². The lowest BCUT2D eigenvalue weighted by molar-refractivity contribution is -0.150. The number of carbonyl (C=O) groups is 4. The van der Waals surface area contributed by atoms with Gasteiger partial charge in [-0.15, -0.1) is 0 Å². The fraction of sp³-hybridized carbons (Fsp3) is 0.911. The maximum Gasteiger partial charge on any atom is 0.308 e. The van der Waals surface area contributed by atoms with Crippen LogP contribution in [0, 0.1) is 17.8 Å². The van der Waals surface area contributed by atoms with Crippen molar-refractivity contribution in [2.45, 2.75) is 189 Å². The number of unbranched alkanes of at least 4 members (excludes halogenated alkanes) is 10. The van der Waals surface area contributed by atoms with E-state index in [0.29, 0.717) is 45.4 Å². The van der Waals surface area contributed by atoms with E-state index in [-0.39, 0.29) is 67.7 Å². The van der Waals surface area contributed by atoms with Crippen LogP contribution in [0.1, 0.15) is 189 Å². The third-order valence-corrected chi connectivity index (χ3v) is 10.4. The second kappa shape index (κ2) is 38.7. The van der Waals surface area contributed by atoms with Gasteiger partial charge in [-0.3, -0.25) is 19.2 Å². The zero-order chi connectivity index (χ0) is 40.8. The van der Waals surface area contributed by atoms with Gasteiger partial charge in [0, 0.05) is 25.3 Å². The van der Waals surface area contributed by atoms with Gasteiger partial charge in [-0.2, -0.15) is 0 Å². The van der Waals surface area contributed by atoms with E-state index in [2.05, 4.69) is 51.8 Å². The molecular formula is C45H86N2O8. The molecule has 1 N–H and O–H groups in total. The third-order valence-electron chi connectivity index (χ3n) is 10.4. The summed E-state index contributed by atoms with van der Waals surface area (Å²) in [4.78, 5) is 53.1. The molecule has 0 fully saturated rings. The summed E-state index contributed by atoms with van der Waals surface area (Å²) >= 11 is 0. The third kappa shape index (κ3) is 31.6. The molecule has 0 aromatic rings. The molecule has 0 saturated carbocycles. The highest BCUT2D eigenvalue weighted by Crippen LogP contribution is 2.21. The van der Waals surface area contributed by atoms with Gasteiger partial charge in [-0.1, -0.05) is 119 Å². The van der Waals surface area contributed by atoms with Gasteiger partial charge in [0.05, 0.1) is 38.3 Å². The van der Waals surface area contributed by atoms with Crippen molar-refractivity contribution < 1.29 is 38.1 Å². The van der Waals surface area contributed by atoms with Gasteiger partial charge in [-0.25, -0.2) is 0 Å². The van der Waals surface area contributed by atoms with Crippen molar-refractivity contribution in [1.29, 1.82) is 0 Å². The molecule has 0 aliphatic heterocycles. The van der Waals surface area contributed by atoms with Crippen LogP contribution in [0.5, 0.6) is 0 Å². The predicted molar refractivity (Wildman–Crippen MR) is 224 cm³/mol. The van der Waals surface area contributed by atoms with Gasteiger partial charge >= 0.3 is 23.9 Å². The van der Waals surface area contributed by atoms with Crippen molar-refractivity contribution in [3.63, 3.8) is 0 Å². The normalized spacial score (nSPS) is 13.0. The van der Waals surface area contributed by atoms with Crippen molar-refractivity contribution in [2.24, 2.45) is 17.8 Å². The average molecular weight is 783 g/mol. The monoisotopic (exact) mass is 783 g/mol. The molecule has 0 saturated heterocycles. The van der Waals surface area contributed by atoms with Crippen molar-refractivity contribution in [3.8, 4) is 0 Å². The van der Waals surface area contributed by atoms with Crippen LogP contribution < -0.4 is 5.32 Å². The Morgan fingerprint density at radius 2 is 0.927 bits per heavy atom. The van der Waals surface area contributed by atoms with E-state index in [4.69, 9.17) is 18.9 Å². The molecule has 2 unspecified atom stereocenters. The summed E-state index contributed by atoms with van der Waals surface area (Å²) in [5, 5.41) is 3.45. The molecule has 0 aliphatic carbocycles. The molecule has 324 valence electrons. The smallest absolute Gasteiger partial charge is 0.308 e. The van der Waals surface area contributed by atoms with E-state index in [1.54, 1.807) is 0 Å². The quantitative estimate of drug-likeness (QED) is 0.0365. The van der Waals surface area contributed by atoms with Gasteiger partial charge in [0.25, 0.3) is 0 Å². The van der Waals surface area contributed by atoms with E-state index in [0.717, 1.165) is 110 Å². The maximum atomic E-state index is 12.7. The summed E-state index contributed by atoms with van der Waals surface area (Å²) < 4.78 is 22.5. The number of nitrogens with zero attached hydrogens (tertiary/aromatic N) is 1. The van der Waals surface area contributed by atoms with Gasteiger partial charge in [0.15, 0.2) is 0 Å². The Hall–Kier alpha value is -2.20. The Labute approximate surface area is 337 Å². The first-order chi connectivity index (χ1) is 26.8. The Morgan fingerprint density at radius 1 is 0.491 bits per heavy atom. The van der Waals surface area contributed by atoms with Crippen LogP contribution >= 0.6 is 0 Å². The molecule has 0 aliphatic rings. The van der Waals surface area contributed by atoms with Crippen LogP contribution in [0.4, 0.5) is 0 Å². The Bertz CT molecular complexity index is 867. The van der Waals surface area contributed by atoms with E-state index in [9.17, 15) is 19.2 Å².